The standard InChI is InChI=1S/C27H26BrN5O5S/c1-35-21-11-10-17(12-20(21)28)15-29-30-24(34)16-39-27-32-31-26(33(27)19-8-6-5-7-9-19)18-13-22(36-2)25(38-4)23(14-18)37-3/h5-15H,16H2,1-4H3,(H,30,34)/b29-15+. The van der Waals surface area contributed by atoms with Crippen molar-refractivity contribution in [2.45, 2.75) is 5.16 Å². The molecule has 0 fully saturated rings. The Morgan fingerprint density at radius 2 is 1.64 bits per heavy atom. The fraction of sp³-hybridized carbons (Fsp3) is 0.185. The van der Waals surface area contributed by atoms with Crippen molar-refractivity contribution in [3.8, 4) is 40.1 Å². The molecule has 4 rings (SSSR count). The number of para-hydroxylation sites is 1. The van der Waals surface area contributed by atoms with Gasteiger partial charge in [0.1, 0.15) is 5.75 Å². The first-order chi connectivity index (χ1) is 19.0. The lowest BCUT2D eigenvalue weighted by atomic mass is 10.1. The van der Waals surface area contributed by atoms with E-state index >= 15 is 0 Å². The molecule has 10 nitrogen and oxygen atoms in total. The molecule has 1 amide bonds. The summed E-state index contributed by atoms with van der Waals surface area (Å²) in [5, 5.41) is 13.4. The van der Waals surface area contributed by atoms with Crippen molar-refractivity contribution in [1.82, 2.24) is 20.2 Å². The molecule has 12 heteroatoms. The highest BCUT2D eigenvalue weighted by atomic mass is 79.9. The van der Waals surface area contributed by atoms with Gasteiger partial charge in [0, 0.05) is 11.3 Å². The number of halogens is 1. The molecule has 1 aromatic heterocycles. The molecule has 0 radical (unpaired) electrons. The van der Waals surface area contributed by atoms with Gasteiger partial charge < -0.3 is 18.9 Å². The van der Waals surface area contributed by atoms with Crippen LogP contribution in [0.5, 0.6) is 23.0 Å². The van der Waals surface area contributed by atoms with Crippen LogP contribution >= 0.6 is 27.7 Å². The molecule has 0 aliphatic heterocycles. The van der Waals surface area contributed by atoms with Gasteiger partial charge in [-0.1, -0.05) is 30.0 Å². The molecule has 1 N–H and O–H groups in total. The number of nitrogens with zero attached hydrogens (tertiary/aromatic N) is 4. The van der Waals surface area contributed by atoms with Crippen molar-refractivity contribution in [3.63, 3.8) is 0 Å². The zero-order valence-electron chi connectivity index (χ0n) is 21.7. The summed E-state index contributed by atoms with van der Waals surface area (Å²) in [5.74, 6) is 2.50. The Morgan fingerprint density at radius 3 is 2.26 bits per heavy atom. The van der Waals surface area contributed by atoms with E-state index in [1.54, 1.807) is 46.8 Å². The number of benzene rings is 3. The van der Waals surface area contributed by atoms with Crippen molar-refractivity contribution in [3.05, 3.63) is 70.7 Å². The van der Waals surface area contributed by atoms with Gasteiger partial charge in [-0.3, -0.25) is 9.36 Å². The Balaban J connectivity index is 1.56. The maximum Gasteiger partial charge on any atom is 0.250 e. The highest BCUT2D eigenvalue weighted by Crippen LogP contribution is 2.41. The average Bonchev–Trinajstić information content (AvgIpc) is 3.39. The number of hydrazone groups is 1. The third-order valence-corrected chi connectivity index (χ3v) is 7.03. The number of hydrogen-bond acceptors (Lipinski definition) is 9. The van der Waals surface area contributed by atoms with Crippen LogP contribution in [0, 0.1) is 0 Å². The van der Waals surface area contributed by atoms with E-state index in [-0.39, 0.29) is 11.7 Å². The number of hydrogen-bond donors (Lipinski definition) is 1. The van der Waals surface area contributed by atoms with Gasteiger partial charge >= 0.3 is 0 Å². The lowest BCUT2D eigenvalue weighted by molar-refractivity contribution is -0.118. The first kappa shape index (κ1) is 28.0. The molecule has 0 unspecified atom stereocenters. The lowest BCUT2D eigenvalue weighted by Gasteiger charge is -2.15. The van der Waals surface area contributed by atoms with E-state index in [9.17, 15) is 4.79 Å². The van der Waals surface area contributed by atoms with E-state index in [1.165, 1.54) is 11.8 Å². The van der Waals surface area contributed by atoms with E-state index in [1.807, 2.05) is 53.1 Å². The molecule has 4 aromatic rings. The van der Waals surface area contributed by atoms with Crippen LogP contribution in [-0.4, -0.2) is 61.1 Å². The molecule has 202 valence electrons. The monoisotopic (exact) mass is 611 g/mol. The van der Waals surface area contributed by atoms with Crippen LogP contribution in [0.1, 0.15) is 5.56 Å². The van der Waals surface area contributed by atoms with Gasteiger partial charge in [0.05, 0.1) is 44.9 Å². The Bertz CT molecular complexity index is 1450. The number of ether oxygens (including phenoxy) is 4. The molecule has 0 atom stereocenters. The first-order valence-corrected chi connectivity index (χ1v) is 13.4. The summed E-state index contributed by atoms with van der Waals surface area (Å²) < 4.78 is 24.4. The SMILES string of the molecule is COc1ccc(/C=N/NC(=O)CSc2nnc(-c3cc(OC)c(OC)c(OC)c3)n2-c2ccccc2)cc1Br. The number of thioether (sulfide) groups is 1. The minimum atomic E-state index is -0.291. The second-order valence-corrected chi connectivity index (χ2v) is 9.66. The molecule has 0 saturated carbocycles. The molecule has 0 bridgehead atoms. The van der Waals surface area contributed by atoms with E-state index in [4.69, 9.17) is 18.9 Å². The molecular weight excluding hydrogens is 586 g/mol. The minimum absolute atomic E-state index is 0.0733. The predicted octanol–water partition coefficient (Wildman–Crippen LogP) is 4.97. The van der Waals surface area contributed by atoms with Crippen molar-refractivity contribution in [1.29, 1.82) is 0 Å². The Labute approximate surface area is 238 Å². The van der Waals surface area contributed by atoms with Crippen LogP contribution in [0.4, 0.5) is 0 Å². The Hall–Kier alpha value is -4.03. The van der Waals surface area contributed by atoms with Crippen LogP contribution in [-0.2, 0) is 4.79 Å². The molecule has 0 saturated heterocycles. The van der Waals surface area contributed by atoms with Gasteiger partial charge in [0.15, 0.2) is 22.5 Å². The molecular formula is C27H26BrN5O5S. The number of nitrogens with one attached hydrogen (secondary N) is 1. The van der Waals surface area contributed by atoms with Crippen LogP contribution in [0.15, 0.2) is 75.4 Å². The lowest BCUT2D eigenvalue weighted by Crippen LogP contribution is -2.20. The van der Waals surface area contributed by atoms with Crippen LogP contribution in [0.2, 0.25) is 0 Å². The first-order valence-electron chi connectivity index (χ1n) is 11.6. The van der Waals surface area contributed by atoms with Gasteiger partial charge in [-0.15, -0.1) is 10.2 Å². The van der Waals surface area contributed by atoms with Gasteiger partial charge in [-0.25, -0.2) is 5.43 Å². The maximum atomic E-state index is 12.6. The van der Waals surface area contributed by atoms with Crippen molar-refractivity contribution in [2.24, 2.45) is 5.10 Å². The quantitative estimate of drug-likeness (QED) is 0.144. The number of rotatable bonds is 11. The summed E-state index contributed by atoms with van der Waals surface area (Å²) in [6.45, 7) is 0. The summed E-state index contributed by atoms with van der Waals surface area (Å²) in [4.78, 5) is 12.6. The van der Waals surface area contributed by atoms with E-state index in [0.717, 1.165) is 15.7 Å². The minimum Gasteiger partial charge on any atom is -0.496 e. The van der Waals surface area contributed by atoms with Gasteiger partial charge in [0.2, 0.25) is 5.75 Å². The van der Waals surface area contributed by atoms with Gasteiger partial charge in [-0.05, 0) is 64.0 Å². The summed E-state index contributed by atoms with van der Waals surface area (Å²) in [6.07, 6.45) is 1.56. The topological polar surface area (TPSA) is 109 Å². The van der Waals surface area contributed by atoms with Gasteiger partial charge in [0.25, 0.3) is 5.91 Å². The number of carbonyl (C=O) groups excluding carboxylic acids is 1. The zero-order chi connectivity index (χ0) is 27.8. The van der Waals surface area contributed by atoms with Crippen LogP contribution < -0.4 is 24.4 Å². The maximum absolute atomic E-state index is 12.6. The largest absolute Gasteiger partial charge is 0.496 e. The summed E-state index contributed by atoms with van der Waals surface area (Å²) in [6, 6.07) is 18.7. The predicted molar refractivity (Wildman–Crippen MR) is 154 cm³/mol. The average molecular weight is 613 g/mol. The highest BCUT2D eigenvalue weighted by Gasteiger charge is 2.21. The van der Waals surface area contributed by atoms with Crippen molar-refractivity contribution >= 4 is 39.8 Å². The van der Waals surface area contributed by atoms with E-state index < -0.39 is 0 Å². The van der Waals surface area contributed by atoms with Crippen molar-refractivity contribution in [2.75, 3.05) is 34.2 Å². The number of amides is 1. The van der Waals surface area contributed by atoms with E-state index in [0.29, 0.717) is 39.5 Å². The van der Waals surface area contributed by atoms with Crippen LogP contribution in [0.3, 0.4) is 0 Å². The van der Waals surface area contributed by atoms with Crippen LogP contribution in [0.25, 0.3) is 17.1 Å². The highest BCUT2D eigenvalue weighted by molar-refractivity contribution is 9.10. The normalized spacial score (nSPS) is 10.9. The molecule has 39 heavy (non-hydrogen) atoms. The van der Waals surface area contributed by atoms with Crippen molar-refractivity contribution < 1.29 is 23.7 Å². The second kappa shape index (κ2) is 13.2. The van der Waals surface area contributed by atoms with Gasteiger partial charge in [-0.2, -0.15) is 5.10 Å². The van der Waals surface area contributed by atoms with E-state index in [2.05, 4.69) is 36.7 Å². The third-order valence-electron chi connectivity index (χ3n) is 5.48. The second-order valence-electron chi connectivity index (χ2n) is 7.87. The zero-order valence-corrected chi connectivity index (χ0v) is 24.1. The Morgan fingerprint density at radius 1 is 0.949 bits per heavy atom. The smallest absolute Gasteiger partial charge is 0.250 e. The fourth-order valence-electron chi connectivity index (χ4n) is 3.67. The molecule has 1 heterocycles. The number of methoxy groups -OCH3 is 4. The summed E-state index contributed by atoms with van der Waals surface area (Å²) in [5.41, 5.74) is 4.88. The molecule has 0 spiro atoms. The molecule has 0 aliphatic rings. The summed E-state index contributed by atoms with van der Waals surface area (Å²) in [7, 11) is 6.25. The summed E-state index contributed by atoms with van der Waals surface area (Å²) >= 11 is 4.67. The Kier molecular flexibility index (Phi) is 9.45. The molecule has 3 aromatic carbocycles. The third kappa shape index (κ3) is 6.52. The molecule has 0 aliphatic carbocycles. The fourth-order valence-corrected chi connectivity index (χ4v) is 4.98. The number of carbonyl (C=O) groups is 1. The number of aromatic nitrogens is 3.